The number of hydrogen-bond acceptors (Lipinski definition) is 3. The number of aromatic nitrogens is 2. The highest BCUT2D eigenvalue weighted by Gasteiger charge is 1.98. The highest BCUT2D eigenvalue weighted by Crippen LogP contribution is 2.19. The monoisotopic (exact) mass is 276 g/mol. The van der Waals surface area contributed by atoms with Crippen molar-refractivity contribution in [3.8, 4) is 11.1 Å². The zero-order valence-corrected chi connectivity index (χ0v) is 11.6. The first kappa shape index (κ1) is 13.5. The molecule has 0 aliphatic rings. The quantitative estimate of drug-likeness (QED) is 0.709. The molecule has 3 nitrogen and oxygen atoms in total. The summed E-state index contributed by atoms with van der Waals surface area (Å²) in [5, 5.41) is 0. The molecular formula is C18H16N2O. The van der Waals surface area contributed by atoms with Gasteiger partial charge in [-0.3, -0.25) is 0 Å². The SMILES string of the molecule is c1ccc(-c2ccc(COCc3cncnc3)cc2)cc1. The third-order valence-corrected chi connectivity index (χ3v) is 3.21. The van der Waals surface area contributed by atoms with E-state index in [4.69, 9.17) is 4.74 Å². The van der Waals surface area contributed by atoms with Gasteiger partial charge in [-0.2, -0.15) is 0 Å². The average Bonchev–Trinajstić information content (AvgIpc) is 2.57. The van der Waals surface area contributed by atoms with Crippen molar-refractivity contribution in [1.82, 2.24) is 9.97 Å². The first-order chi connectivity index (χ1) is 10.4. The second-order valence-corrected chi connectivity index (χ2v) is 4.80. The molecule has 0 atom stereocenters. The molecular weight excluding hydrogens is 260 g/mol. The lowest BCUT2D eigenvalue weighted by Crippen LogP contribution is -1.95. The Labute approximate surface area is 124 Å². The number of hydrogen-bond donors (Lipinski definition) is 0. The summed E-state index contributed by atoms with van der Waals surface area (Å²) in [5.41, 5.74) is 4.59. The fourth-order valence-corrected chi connectivity index (χ4v) is 2.12. The first-order valence-electron chi connectivity index (χ1n) is 6.88. The number of rotatable bonds is 5. The van der Waals surface area contributed by atoms with E-state index in [1.165, 1.54) is 17.5 Å². The van der Waals surface area contributed by atoms with E-state index >= 15 is 0 Å². The van der Waals surface area contributed by atoms with Crippen molar-refractivity contribution < 1.29 is 4.74 Å². The van der Waals surface area contributed by atoms with Gasteiger partial charge in [0.25, 0.3) is 0 Å². The van der Waals surface area contributed by atoms with Crippen LogP contribution < -0.4 is 0 Å². The second-order valence-electron chi connectivity index (χ2n) is 4.80. The van der Waals surface area contributed by atoms with Crippen LogP contribution in [0.4, 0.5) is 0 Å². The van der Waals surface area contributed by atoms with Crippen LogP contribution in [0.25, 0.3) is 11.1 Å². The van der Waals surface area contributed by atoms with E-state index in [1.54, 1.807) is 12.4 Å². The molecule has 3 aromatic rings. The standard InChI is InChI=1S/C18H16N2O/c1-2-4-17(5-3-1)18-8-6-15(7-9-18)12-21-13-16-10-19-14-20-11-16/h1-11,14H,12-13H2. The Kier molecular flexibility index (Phi) is 4.34. The van der Waals surface area contributed by atoms with Crippen molar-refractivity contribution in [2.45, 2.75) is 13.2 Å². The van der Waals surface area contributed by atoms with Crippen molar-refractivity contribution in [2.24, 2.45) is 0 Å². The molecule has 0 radical (unpaired) electrons. The molecule has 0 amide bonds. The Bertz CT molecular complexity index is 667. The molecule has 0 fully saturated rings. The fraction of sp³-hybridized carbons (Fsp3) is 0.111. The predicted molar refractivity (Wildman–Crippen MR) is 82.4 cm³/mol. The molecule has 21 heavy (non-hydrogen) atoms. The van der Waals surface area contributed by atoms with Crippen LogP contribution in [0, 0.1) is 0 Å². The first-order valence-corrected chi connectivity index (χ1v) is 6.88. The lowest BCUT2D eigenvalue weighted by molar-refractivity contribution is 0.107. The van der Waals surface area contributed by atoms with Crippen LogP contribution in [0.5, 0.6) is 0 Å². The highest BCUT2D eigenvalue weighted by atomic mass is 16.5. The Morgan fingerprint density at radius 3 is 2.00 bits per heavy atom. The van der Waals surface area contributed by atoms with Crippen molar-refractivity contribution in [1.29, 1.82) is 0 Å². The number of ether oxygens (including phenoxy) is 1. The van der Waals surface area contributed by atoms with E-state index in [0.29, 0.717) is 13.2 Å². The zero-order chi connectivity index (χ0) is 14.3. The van der Waals surface area contributed by atoms with Gasteiger partial charge in [0.2, 0.25) is 0 Å². The van der Waals surface area contributed by atoms with Crippen LogP contribution in [0.1, 0.15) is 11.1 Å². The van der Waals surface area contributed by atoms with E-state index in [9.17, 15) is 0 Å². The minimum Gasteiger partial charge on any atom is -0.372 e. The molecule has 0 spiro atoms. The van der Waals surface area contributed by atoms with Crippen LogP contribution in [0.15, 0.2) is 73.3 Å². The van der Waals surface area contributed by atoms with Crippen molar-refractivity contribution >= 4 is 0 Å². The maximum absolute atomic E-state index is 5.67. The Balaban J connectivity index is 1.58. The third kappa shape index (κ3) is 3.74. The average molecular weight is 276 g/mol. The molecule has 0 aliphatic carbocycles. The molecule has 0 unspecified atom stereocenters. The Hall–Kier alpha value is -2.52. The summed E-state index contributed by atoms with van der Waals surface area (Å²) in [4.78, 5) is 7.93. The van der Waals surface area contributed by atoms with Crippen LogP contribution in [-0.4, -0.2) is 9.97 Å². The summed E-state index contributed by atoms with van der Waals surface area (Å²) in [7, 11) is 0. The van der Waals surface area contributed by atoms with E-state index in [2.05, 4.69) is 46.4 Å². The topological polar surface area (TPSA) is 35.0 Å². The summed E-state index contributed by atoms with van der Waals surface area (Å²) in [6.45, 7) is 1.12. The molecule has 1 aromatic heterocycles. The Morgan fingerprint density at radius 2 is 1.29 bits per heavy atom. The molecule has 2 aromatic carbocycles. The molecule has 0 aliphatic heterocycles. The van der Waals surface area contributed by atoms with Crippen LogP contribution in [-0.2, 0) is 18.0 Å². The van der Waals surface area contributed by atoms with Gasteiger partial charge >= 0.3 is 0 Å². The van der Waals surface area contributed by atoms with Gasteiger partial charge in [-0.25, -0.2) is 9.97 Å². The Morgan fingerprint density at radius 1 is 0.667 bits per heavy atom. The zero-order valence-electron chi connectivity index (χ0n) is 11.6. The molecule has 104 valence electrons. The minimum absolute atomic E-state index is 0.529. The van der Waals surface area contributed by atoms with Gasteiger partial charge in [0.1, 0.15) is 6.33 Å². The summed E-state index contributed by atoms with van der Waals surface area (Å²) in [5.74, 6) is 0. The van der Waals surface area contributed by atoms with Crippen LogP contribution >= 0.6 is 0 Å². The van der Waals surface area contributed by atoms with Crippen molar-refractivity contribution in [3.05, 3.63) is 84.4 Å². The molecule has 1 heterocycles. The molecule has 0 saturated heterocycles. The summed E-state index contributed by atoms with van der Waals surface area (Å²) < 4.78 is 5.67. The predicted octanol–water partition coefficient (Wildman–Crippen LogP) is 3.86. The van der Waals surface area contributed by atoms with Crippen molar-refractivity contribution in [2.75, 3.05) is 0 Å². The van der Waals surface area contributed by atoms with Crippen LogP contribution in [0.2, 0.25) is 0 Å². The molecule has 0 saturated carbocycles. The van der Waals surface area contributed by atoms with Gasteiger partial charge in [-0.05, 0) is 16.7 Å². The largest absolute Gasteiger partial charge is 0.372 e. The lowest BCUT2D eigenvalue weighted by atomic mass is 10.0. The number of nitrogens with zero attached hydrogens (tertiary/aromatic N) is 2. The van der Waals surface area contributed by atoms with Gasteiger partial charge in [0.15, 0.2) is 0 Å². The molecule has 0 N–H and O–H groups in total. The van der Waals surface area contributed by atoms with E-state index in [1.807, 2.05) is 18.2 Å². The van der Waals surface area contributed by atoms with Crippen LogP contribution in [0.3, 0.4) is 0 Å². The minimum atomic E-state index is 0.529. The van der Waals surface area contributed by atoms with Gasteiger partial charge < -0.3 is 4.74 Å². The van der Waals surface area contributed by atoms with E-state index < -0.39 is 0 Å². The van der Waals surface area contributed by atoms with E-state index in [-0.39, 0.29) is 0 Å². The van der Waals surface area contributed by atoms with Gasteiger partial charge in [0, 0.05) is 18.0 Å². The summed E-state index contributed by atoms with van der Waals surface area (Å²) in [6.07, 6.45) is 5.06. The lowest BCUT2D eigenvalue weighted by Gasteiger charge is -2.06. The summed E-state index contributed by atoms with van der Waals surface area (Å²) >= 11 is 0. The van der Waals surface area contributed by atoms with Gasteiger partial charge in [-0.15, -0.1) is 0 Å². The highest BCUT2D eigenvalue weighted by molar-refractivity contribution is 5.63. The van der Waals surface area contributed by atoms with Gasteiger partial charge in [0.05, 0.1) is 13.2 Å². The maximum atomic E-state index is 5.67. The third-order valence-electron chi connectivity index (χ3n) is 3.21. The second kappa shape index (κ2) is 6.77. The van der Waals surface area contributed by atoms with Gasteiger partial charge in [-0.1, -0.05) is 54.6 Å². The number of benzene rings is 2. The normalized spacial score (nSPS) is 10.5. The molecule has 0 bridgehead atoms. The van der Waals surface area contributed by atoms with E-state index in [0.717, 1.165) is 11.1 Å². The smallest absolute Gasteiger partial charge is 0.115 e. The maximum Gasteiger partial charge on any atom is 0.115 e. The molecule has 3 rings (SSSR count). The summed E-state index contributed by atoms with van der Waals surface area (Å²) in [6, 6.07) is 18.8. The fourth-order valence-electron chi connectivity index (χ4n) is 2.12. The molecule has 3 heteroatoms. The van der Waals surface area contributed by atoms with Crippen molar-refractivity contribution in [3.63, 3.8) is 0 Å².